The van der Waals surface area contributed by atoms with Crippen LogP contribution in [0.1, 0.15) is 35.3 Å². The van der Waals surface area contributed by atoms with Crippen LogP contribution in [0.25, 0.3) is 0 Å². The Morgan fingerprint density at radius 1 is 0.875 bits per heavy atom. The largest absolute Gasteiger partial charge is 0.338 e. The van der Waals surface area contributed by atoms with Crippen LogP contribution in [0.15, 0.2) is 59.1 Å². The van der Waals surface area contributed by atoms with Crippen LogP contribution in [0.5, 0.6) is 0 Å². The second-order valence-electron chi connectivity index (χ2n) is 6.11. The highest BCUT2D eigenvalue weighted by Crippen LogP contribution is 2.11. The first-order chi connectivity index (χ1) is 11.7. The number of hydrogen-bond acceptors (Lipinski definition) is 4. The molecule has 0 spiro atoms. The molecule has 2 aromatic carbocycles. The third-order valence-electron chi connectivity index (χ3n) is 4.00. The van der Waals surface area contributed by atoms with Gasteiger partial charge in [0.2, 0.25) is 5.89 Å². The average molecular weight is 321 g/mol. The molecule has 0 unspecified atom stereocenters. The molecule has 0 saturated heterocycles. The first-order valence-electron chi connectivity index (χ1n) is 8.34. The Hall–Kier alpha value is -2.46. The maximum absolute atomic E-state index is 5.38. The number of rotatable bonds is 7. The Morgan fingerprint density at radius 2 is 1.58 bits per heavy atom. The van der Waals surface area contributed by atoms with Gasteiger partial charge in [0.25, 0.3) is 0 Å². The summed E-state index contributed by atoms with van der Waals surface area (Å²) in [7, 11) is 2.06. The van der Waals surface area contributed by atoms with Crippen LogP contribution in [0.4, 0.5) is 0 Å². The number of nitrogens with zero attached hydrogens (tertiary/aromatic N) is 3. The summed E-state index contributed by atoms with van der Waals surface area (Å²) in [4.78, 5) is 6.68. The van der Waals surface area contributed by atoms with Crippen LogP contribution in [0.3, 0.4) is 0 Å². The third kappa shape index (κ3) is 4.52. The predicted molar refractivity (Wildman–Crippen MR) is 94.5 cm³/mol. The fourth-order valence-corrected chi connectivity index (χ4v) is 2.68. The minimum Gasteiger partial charge on any atom is -0.338 e. The van der Waals surface area contributed by atoms with Crippen molar-refractivity contribution in [1.29, 1.82) is 0 Å². The molecule has 0 aliphatic carbocycles. The van der Waals surface area contributed by atoms with Gasteiger partial charge in [0, 0.05) is 13.0 Å². The highest BCUT2D eigenvalue weighted by atomic mass is 16.5. The summed E-state index contributed by atoms with van der Waals surface area (Å²) in [5, 5.41) is 4.08. The molecule has 0 atom stereocenters. The van der Waals surface area contributed by atoms with Crippen LogP contribution in [0.2, 0.25) is 0 Å². The molecule has 3 rings (SSSR count). The minimum atomic E-state index is 0.650. The Morgan fingerprint density at radius 3 is 2.29 bits per heavy atom. The number of aryl methyl sites for hydroxylation is 1. The molecular formula is C20H23N3O. The Bertz CT molecular complexity index is 750. The van der Waals surface area contributed by atoms with Crippen molar-refractivity contribution in [2.75, 3.05) is 7.05 Å². The van der Waals surface area contributed by atoms with E-state index in [0.717, 1.165) is 18.8 Å². The second-order valence-corrected chi connectivity index (χ2v) is 6.11. The van der Waals surface area contributed by atoms with Gasteiger partial charge in [-0.2, -0.15) is 4.98 Å². The van der Waals surface area contributed by atoms with E-state index in [2.05, 4.69) is 65.4 Å². The molecule has 1 heterocycles. The van der Waals surface area contributed by atoms with Crippen molar-refractivity contribution in [2.24, 2.45) is 0 Å². The van der Waals surface area contributed by atoms with E-state index in [0.29, 0.717) is 18.9 Å². The Balaban J connectivity index is 1.55. The van der Waals surface area contributed by atoms with E-state index >= 15 is 0 Å². The quantitative estimate of drug-likeness (QED) is 0.663. The monoisotopic (exact) mass is 321 g/mol. The first-order valence-corrected chi connectivity index (χ1v) is 8.34. The SMILES string of the molecule is CCc1ccc(CN(C)Cc2nc(Cc3ccccc3)no2)cc1. The molecule has 1 aromatic heterocycles. The van der Waals surface area contributed by atoms with Gasteiger partial charge in [-0.1, -0.05) is 66.7 Å². The van der Waals surface area contributed by atoms with E-state index < -0.39 is 0 Å². The molecule has 0 amide bonds. The van der Waals surface area contributed by atoms with Crippen molar-refractivity contribution in [2.45, 2.75) is 32.9 Å². The lowest BCUT2D eigenvalue weighted by molar-refractivity contribution is 0.260. The van der Waals surface area contributed by atoms with Crippen molar-refractivity contribution in [3.05, 3.63) is 83.0 Å². The van der Waals surface area contributed by atoms with Crippen LogP contribution in [0, 0.1) is 0 Å². The summed E-state index contributed by atoms with van der Waals surface area (Å²) in [6.07, 6.45) is 1.77. The average Bonchev–Trinajstić information content (AvgIpc) is 3.03. The van der Waals surface area contributed by atoms with Crippen LogP contribution >= 0.6 is 0 Å². The van der Waals surface area contributed by atoms with Crippen LogP contribution < -0.4 is 0 Å². The molecule has 0 bridgehead atoms. The molecule has 0 aliphatic heterocycles. The molecule has 0 N–H and O–H groups in total. The van der Waals surface area contributed by atoms with E-state index in [1.807, 2.05) is 18.2 Å². The minimum absolute atomic E-state index is 0.650. The van der Waals surface area contributed by atoms with Crippen molar-refractivity contribution < 1.29 is 4.52 Å². The summed E-state index contributed by atoms with van der Waals surface area (Å²) in [6, 6.07) is 18.9. The molecule has 3 aromatic rings. The van der Waals surface area contributed by atoms with Crippen LogP contribution in [-0.2, 0) is 25.9 Å². The maximum Gasteiger partial charge on any atom is 0.240 e. The van der Waals surface area contributed by atoms with Gasteiger partial charge in [-0.25, -0.2) is 0 Å². The van der Waals surface area contributed by atoms with E-state index in [1.165, 1.54) is 16.7 Å². The van der Waals surface area contributed by atoms with Crippen LogP contribution in [-0.4, -0.2) is 22.1 Å². The topological polar surface area (TPSA) is 42.2 Å². The zero-order chi connectivity index (χ0) is 16.8. The Kier molecular flexibility index (Phi) is 5.39. The van der Waals surface area contributed by atoms with Gasteiger partial charge in [-0.15, -0.1) is 0 Å². The lowest BCUT2D eigenvalue weighted by atomic mass is 10.1. The lowest BCUT2D eigenvalue weighted by Crippen LogP contribution is -2.17. The third-order valence-corrected chi connectivity index (χ3v) is 4.00. The van der Waals surface area contributed by atoms with Crippen molar-refractivity contribution in [1.82, 2.24) is 15.0 Å². The highest BCUT2D eigenvalue weighted by Gasteiger charge is 2.10. The Labute approximate surface area is 143 Å². The van der Waals surface area contributed by atoms with Gasteiger partial charge in [-0.3, -0.25) is 4.90 Å². The molecule has 0 fully saturated rings. The molecule has 0 aliphatic rings. The first kappa shape index (κ1) is 16.4. The zero-order valence-electron chi connectivity index (χ0n) is 14.3. The summed E-state index contributed by atoms with van der Waals surface area (Å²) in [5.74, 6) is 1.39. The molecule has 24 heavy (non-hydrogen) atoms. The van der Waals surface area contributed by atoms with E-state index in [4.69, 9.17) is 4.52 Å². The molecule has 0 saturated carbocycles. The van der Waals surface area contributed by atoms with Gasteiger partial charge in [0.1, 0.15) is 0 Å². The van der Waals surface area contributed by atoms with Gasteiger partial charge in [0.15, 0.2) is 5.82 Å². The summed E-state index contributed by atoms with van der Waals surface area (Å²) >= 11 is 0. The van der Waals surface area contributed by atoms with Gasteiger partial charge >= 0.3 is 0 Å². The number of benzene rings is 2. The summed E-state index contributed by atoms with van der Waals surface area (Å²) < 4.78 is 5.38. The van der Waals surface area contributed by atoms with E-state index in [-0.39, 0.29) is 0 Å². The number of aromatic nitrogens is 2. The molecule has 124 valence electrons. The molecule has 0 radical (unpaired) electrons. The molecular weight excluding hydrogens is 298 g/mol. The maximum atomic E-state index is 5.38. The van der Waals surface area contributed by atoms with Gasteiger partial charge in [-0.05, 0) is 30.2 Å². The smallest absolute Gasteiger partial charge is 0.240 e. The van der Waals surface area contributed by atoms with Gasteiger partial charge < -0.3 is 4.52 Å². The highest BCUT2D eigenvalue weighted by molar-refractivity contribution is 5.22. The van der Waals surface area contributed by atoms with E-state index in [9.17, 15) is 0 Å². The fourth-order valence-electron chi connectivity index (χ4n) is 2.68. The normalized spacial score (nSPS) is 11.1. The standard InChI is InChI=1S/C20H23N3O/c1-3-16-9-11-18(12-10-16)14-23(2)15-20-21-19(22-24-20)13-17-7-5-4-6-8-17/h4-12H,3,13-15H2,1-2H3. The second kappa shape index (κ2) is 7.88. The molecule has 4 heteroatoms. The van der Waals surface area contributed by atoms with Crippen molar-refractivity contribution in [3.63, 3.8) is 0 Å². The van der Waals surface area contributed by atoms with Crippen molar-refractivity contribution >= 4 is 0 Å². The summed E-state index contributed by atoms with van der Waals surface area (Å²) in [5.41, 5.74) is 3.84. The van der Waals surface area contributed by atoms with E-state index in [1.54, 1.807) is 0 Å². The molecule has 4 nitrogen and oxygen atoms in total. The lowest BCUT2D eigenvalue weighted by Gasteiger charge is -2.14. The summed E-state index contributed by atoms with van der Waals surface area (Å²) in [6.45, 7) is 3.68. The number of hydrogen-bond donors (Lipinski definition) is 0. The zero-order valence-corrected chi connectivity index (χ0v) is 14.3. The fraction of sp³-hybridized carbons (Fsp3) is 0.300. The predicted octanol–water partition coefficient (Wildman–Crippen LogP) is 3.85. The van der Waals surface area contributed by atoms with Crippen molar-refractivity contribution in [3.8, 4) is 0 Å². The van der Waals surface area contributed by atoms with Gasteiger partial charge in [0.05, 0.1) is 6.54 Å².